The zero-order valence-corrected chi connectivity index (χ0v) is 39.4. The lowest BCUT2D eigenvalue weighted by Crippen LogP contribution is -2.35. The van der Waals surface area contributed by atoms with Gasteiger partial charge in [0.05, 0.1) is 17.1 Å². The molecule has 0 bridgehead atoms. The Morgan fingerprint density at radius 2 is 1.09 bits per heavy atom. The van der Waals surface area contributed by atoms with Crippen LogP contribution in [0.1, 0.15) is 62.0 Å². The van der Waals surface area contributed by atoms with Crippen molar-refractivity contribution in [3.05, 3.63) is 131 Å². The van der Waals surface area contributed by atoms with E-state index in [9.17, 15) is 30.4 Å². The molecule has 0 radical (unpaired) electrons. The lowest BCUT2D eigenvalue weighted by atomic mass is 9.94. The van der Waals surface area contributed by atoms with Gasteiger partial charge in [-0.25, -0.2) is 31.9 Å². The largest absolute Gasteiger partial charge is 0.398 e. The number of nitrogen functional groups attached to an aromatic ring is 1. The number of nitrogens with two attached hydrogens (primary N) is 2. The van der Waals surface area contributed by atoms with Gasteiger partial charge in [0.15, 0.2) is 10.1 Å². The van der Waals surface area contributed by atoms with Gasteiger partial charge in [-0.3, -0.25) is 9.36 Å². The van der Waals surface area contributed by atoms with Crippen LogP contribution in [-0.2, 0) is 47.2 Å². The highest BCUT2D eigenvalue weighted by atomic mass is 32.2. The number of aromatic nitrogens is 4. The van der Waals surface area contributed by atoms with Crippen LogP contribution >= 0.6 is 0 Å². The van der Waals surface area contributed by atoms with Crippen molar-refractivity contribution in [3.8, 4) is 22.3 Å². The van der Waals surface area contributed by atoms with Crippen LogP contribution in [0.5, 0.6) is 0 Å². The Hall–Kier alpha value is -5.99. The molecule has 0 aliphatic carbocycles. The number of hydrogen-bond acceptors (Lipinski definition) is 10. The van der Waals surface area contributed by atoms with Crippen molar-refractivity contribution in [1.29, 1.82) is 0 Å². The lowest BCUT2D eigenvalue weighted by Gasteiger charge is -2.19. The number of carbonyl (C=O) groups is 1. The molecular formula is C45H58F2N10O5S2. The predicted octanol–water partition coefficient (Wildman–Crippen LogP) is 7.25. The van der Waals surface area contributed by atoms with E-state index in [1.54, 1.807) is 38.4 Å². The number of sulfonamides is 2. The van der Waals surface area contributed by atoms with Crippen molar-refractivity contribution in [1.82, 2.24) is 34.1 Å². The topological polar surface area (TPSA) is 204 Å². The third-order valence-electron chi connectivity index (χ3n) is 9.62. The first-order valence-electron chi connectivity index (χ1n) is 20.1. The number of anilines is 2. The normalized spacial score (nSPS) is 11.6. The van der Waals surface area contributed by atoms with Crippen LogP contribution in [0, 0.1) is 11.6 Å². The van der Waals surface area contributed by atoms with Gasteiger partial charge in [-0.15, -0.1) is 0 Å². The molecule has 344 valence electrons. The second-order valence-electron chi connectivity index (χ2n) is 16.2. The highest BCUT2D eigenvalue weighted by molar-refractivity contribution is 7.90. The van der Waals surface area contributed by atoms with Crippen molar-refractivity contribution < 1.29 is 30.4 Å². The molecule has 0 unspecified atom stereocenters. The third-order valence-corrected chi connectivity index (χ3v) is 11.6. The van der Waals surface area contributed by atoms with E-state index >= 15 is 0 Å². The maximum absolute atomic E-state index is 14.4. The zero-order valence-electron chi connectivity index (χ0n) is 37.8. The number of primary sulfonamides is 1. The number of urea groups is 1. The molecule has 2 amide bonds. The average molecular weight is 921 g/mol. The summed E-state index contributed by atoms with van der Waals surface area (Å²) < 4.78 is 80.5. The fourth-order valence-corrected chi connectivity index (χ4v) is 7.98. The quantitative estimate of drug-likeness (QED) is 0.0906. The smallest absolute Gasteiger partial charge is 0.333 e. The Labute approximate surface area is 375 Å². The van der Waals surface area contributed by atoms with Crippen molar-refractivity contribution in [3.63, 3.8) is 0 Å². The molecule has 0 spiro atoms. The molecule has 0 aliphatic rings. The lowest BCUT2D eigenvalue weighted by molar-refractivity contribution is 0.256. The number of halogens is 2. The molecule has 15 nitrogen and oxygen atoms in total. The van der Waals surface area contributed by atoms with Crippen LogP contribution in [0.3, 0.4) is 0 Å². The second kappa shape index (κ2) is 21.6. The van der Waals surface area contributed by atoms with Gasteiger partial charge in [0.25, 0.3) is 20.0 Å². The first kappa shape index (κ1) is 50.7. The number of amides is 2. The summed E-state index contributed by atoms with van der Waals surface area (Å²) in [6, 6.07) is 26.3. The van der Waals surface area contributed by atoms with Gasteiger partial charge in [0.1, 0.15) is 11.6 Å². The second-order valence-corrected chi connectivity index (χ2v) is 19.3. The summed E-state index contributed by atoms with van der Waals surface area (Å²) in [5, 5.41) is 15.1. The van der Waals surface area contributed by atoms with Gasteiger partial charge in [-0.1, -0.05) is 88.4 Å². The molecule has 0 aliphatic heterocycles. The zero-order chi connectivity index (χ0) is 47.7. The van der Waals surface area contributed by atoms with Gasteiger partial charge in [-0.05, 0) is 86.5 Å². The molecule has 6 N–H and O–H groups in total. The highest BCUT2D eigenvalue weighted by Gasteiger charge is 2.25. The van der Waals surface area contributed by atoms with Gasteiger partial charge in [-0.2, -0.15) is 18.6 Å². The average Bonchev–Trinajstić information content (AvgIpc) is 3.77. The number of hydrogen-bond donors (Lipinski definition) is 4. The molecule has 6 rings (SSSR count). The summed E-state index contributed by atoms with van der Waals surface area (Å²) >= 11 is 0. The van der Waals surface area contributed by atoms with E-state index in [1.165, 1.54) is 45.8 Å². The summed E-state index contributed by atoms with van der Waals surface area (Å²) in [5.74, 6) is -0.590. The van der Waals surface area contributed by atoms with E-state index in [-0.39, 0.29) is 27.7 Å². The van der Waals surface area contributed by atoms with Gasteiger partial charge in [0, 0.05) is 56.1 Å². The molecule has 0 saturated carbocycles. The molecule has 2 aromatic heterocycles. The Bertz CT molecular complexity index is 2760. The molecule has 64 heavy (non-hydrogen) atoms. The maximum atomic E-state index is 14.4. The number of benzene rings is 4. The Morgan fingerprint density at radius 3 is 1.53 bits per heavy atom. The van der Waals surface area contributed by atoms with Crippen LogP contribution in [0.2, 0.25) is 0 Å². The summed E-state index contributed by atoms with van der Waals surface area (Å²) in [6.07, 6.45) is 0. The summed E-state index contributed by atoms with van der Waals surface area (Å²) in [6.45, 7) is 8.87. The van der Waals surface area contributed by atoms with E-state index in [4.69, 9.17) is 10.9 Å². The van der Waals surface area contributed by atoms with Crippen molar-refractivity contribution in [2.24, 2.45) is 19.2 Å². The number of nitrogens with zero attached hydrogens (tertiary/aromatic N) is 6. The van der Waals surface area contributed by atoms with Crippen molar-refractivity contribution in [2.45, 2.75) is 62.7 Å². The molecule has 0 atom stereocenters. The number of nitrogens with one attached hydrogen (secondary N) is 2. The summed E-state index contributed by atoms with van der Waals surface area (Å²) in [4.78, 5) is 16.6. The first-order valence-corrected chi connectivity index (χ1v) is 23.2. The number of rotatable bonds is 12. The minimum absolute atomic E-state index is 0.0862. The van der Waals surface area contributed by atoms with Crippen molar-refractivity contribution in [2.75, 3.05) is 39.2 Å². The molecule has 6 aromatic rings. The van der Waals surface area contributed by atoms with Crippen LogP contribution in [0.4, 0.5) is 25.0 Å². The molecule has 4 aromatic carbocycles. The highest BCUT2D eigenvalue weighted by Crippen LogP contribution is 2.36. The van der Waals surface area contributed by atoms with E-state index in [0.717, 1.165) is 22.4 Å². The van der Waals surface area contributed by atoms with Crippen LogP contribution in [0.15, 0.2) is 107 Å². The Morgan fingerprint density at radius 1 is 0.672 bits per heavy atom. The molecule has 0 fully saturated rings. The first-order chi connectivity index (χ1) is 29.9. The standard InChI is InChI=1S/C23H28FN5O3S.C15H16FN.C7H14N4O2S/c1-15(2)19-11-17(24)12-20(16-9-7-6-8-10-16)22(19)25-23(30)27-33(31,32)21-13-18(14-28(3)4)29(5)26-21;1-10(2)13-8-12(16)9-14(15(13)17)11-6-4-3-5-7-11;1-10(2)5-6-4-7(9-11(6)3)14(8,12)13/h6-13,15H,14H2,1-5H3,(H2,25,27,30);3-10H,17H2,1-2H3;4H,5H2,1-3H3,(H2,8,12,13). The van der Waals surface area contributed by atoms with Gasteiger partial charge < -0.3 is 20.9 Å². The van der Waals surface area contributed by atoms with Crippen LogP contribution in [0.25, 0.3) is 22.3 Å². The Kier molecular flexibility index (Phi) is 17.1. The van der Waals surface area contributed by atoms with Gasteiger partial charge >= 0.3 is 6.03 Å². The van der Waals surface area contributed by atoms with E-state index < -0.39 is 31.9 Å². The fourth-order valence-electron chi connectivity index (χ4n) is 6.52. The summed E-state index contributed by atoms with van der Waals surface area (Å²) in [7, 11) is 2.90. The van der Waals surface area contributed by atoms with E-state index in [0.29, 0.717) is 46.8 Å². The maximum Gasteiger partial charge on any atom is 0.333 e. The SMILES string of the molecule is CC(C)c1cc(F)cc(-c2ccccc2)c1N.CC(C)c1cc(F)cc(-c2ccccc2)c1NC(=O)NS(=O)(=O)c1cc(CN(C)C)n(C)n1.CN(C)Cc1cc(S(N)(=O)=O)nn1C. The van der Waals surface area contributed by atoms with E-state index in [1.807, 2.05) is 107 Å². The minimum Gasteiger partial charge on any atom is -0.398 e. The van der Waals surface area contributed by atoms with Crippen LogP contribution < -0.4 is 20.9 Å². The van der Waals surface area contributed by atoms with E-state index in [2.05, 4.69) is 15.5 Å². The Balaban J connectivity index is 0.000000240. The summed E-state index contributed by atoms with van der Waals surface area (Å²) in [5.41, 5.74) is 12.9. The number of carbonyl (C=O) groups excluding carboxylic acids is 1. The molecule has 0 saturated heterocycles. The molecule has 2 heterocycles. The fraction of sp³-hybridized carbons (Fsp3) is 0.311. The molecule has 19 heteroatoms. The monoisotopic (exact) mass is 920 g/mol. The van der Waals surface area contributed by atoms with Crippen LogP contribution in [-0.4, -0.2) is 80.4 Å². The predicted molar refractivity (Wildman–Crippen MR) is 248 cm³/mol. The molecular weight excluding hydrogens is 863 g/mol. The third kappa shape index (κ3) is 13.8. The number of aryl methyl sites for hydroxylation is 2. The van der Waals surface area contributed by atoms with Gasteiger partial charge in [0.2, 0.25) is 0 Å². The minimum atomic E-state index is -4.22. The van der Waals surface area contributed by atoms with Crippen molar-refractivity contribution >= 4 is 37.5 Å².